The lowest BCUT2D eigenvalue weighted by Gasteiger charge is -2.18. The molecule has 0 unspecified atom stereocenters. The van der Waals surface area contributed by atoms with E-state index in [1.54, 1.807) is 0 Å². The molecule has 1 aliphatic rings. The van der Waals surface area contributed by atoms with Gasteiger partial charge in [-0.15, -0.1) is 0 Å². The molecule has 0 radical (unpaired) electrons. The lowest BCUT2D eigenvalue weighted by molar-refractivity contribution is -0.116. The van der Waals surface area contributed by atoms with Gasteiger partial charge in [0.2, 0.25) is 5.91 Å². The predicted octanol–water partition coefficient (Wildman–Crippen LogP) is 0.117. The van der Waals surface area contributed by atoms with Crippen molar-refractivity contribution in [2.45, 2.75) is 6.42 Å². The highest BCUT2D eigenvalue weighted by Gasteiger charge is 2.21. The molecule has 0 saturated carbocycles. The molecule has 1 aromatic carbocycles. The third-order valence-electron chi connectivity index (χ3n) is 2.46. The first-order valence-corrected chi connectivity index (χ1v) is 4.59. The van der Waals surface area contributed by atoms with Crippen LogP contribution in [0.4, 0.5) is 11.4 Å². The van der Waals surface area contributed by atoms with E-state index >= 15 is 0 Å². The molecule has 14 heavy (non-hydrogen) atoms. The summed E-state index contributed by atoms with van der Waals surface area (Å²) in [6.07, 6.45) is 0.938. The van der Waals surface area contributed by atoms with E-state index in [1.165, 1.54) is 5.56 Å². The Bertz CT molecular complexity index is 376. The van der Waals surface area contributed by atoms with Gasteiger partial charge in [-0.3, -0.25) is 4.79 Å². The van der Waals surface area contributed by atoms with Crippen LogP contribution in [-0.4, -0.2) is 19.0 Å². The van der Waals surface area contributed by atoms with E-state index in [-0.39, 0.29) is 12.5 Å². The lowest BCUT2D eigenvalue weighted by Crippen LogP contribution is -2.32. The summed E-state index contributed by atoms with van der Waals surface area (Å²) in [5.41, 5.74) is 13.9. The maximum absolute atomic E-state index is 10.8. The number of nitrogens with zero attached hydrogens (tertiary/aromatic N) is 1. The Morgan fingerprint density at radius 2 is 2.29 bits per heavy atom. The molecule has 0 saturated heterocycles. The van der Waals surface area contributed by atoms with E-state index in [0.717, 1.165) is 24.3 Å². The van der Waals surface area contributed by atoms with Gasteiger partial charge in [0.25, 0.3) is 0 Å². The second kappa shape index (κ2) is 3.21. The van der Waals surface area contributed by atoms with Crippen molar-refractivity contribution in [2.75, 3.05) is 23.7 Å². The highest BCUT2D eigenvalue weighted by molar-refractivity contribution is 5.83. The summed E-state index contributed by atoms with van der Waals surface area (Å²) in [7, 11) is 0. The van der Waals surface area contributed by atoms with E-state index < -0.39 is 0 Å². The van der Waals surface area contributed by atoms with Crippen LogP contribution in [-0.2, 0) is 11.2 Å². The fraction of sp³-hybridized carbons (Fsp3) is 0.300. The summed E-state index contributed by atoms with van der Waals surface area (Å²) in [5.74, 6) is -0.318. The molecule has 0 bridgehead atoms. The first kappa shape index (κ1) is 8.87. The Morgan fingerprint density at radius 3 is 3.00 bits per heavy atom. The molecule has 4 nitrogen and oxygen atoms in total. The predicted molar refractivity (Wildman–Crippen MR) is 56.0 cm³/mol. The van der Waals surface area contributed by atoms with Gasteiger partial charge in [0.15, 0.2) is 0 Å². The number of fused-ring (bicyclic) bond motifs is 1. The molecule has 0 spiro atoms. The first-order chi connectivity index (χ1) is 6.68. The molecule has 74 valence electrons. The molecule has 4 N–H and O–H groups in total. The van der Waals surface area contributed by atoms with Gasteiger partial charge < -0.3 is 16.4 Å². The molecular formula is C10H13N3O. The van der Waals surface area contributed by atoms with Crippen LogP contribution in [0.2, 0.25) is 0 Å². The summed E-state index contributed by atoms with van der Waals surface area (Å²) < 4.78 is 0. The van der Waals surface area contributed by atoms with Crippen LogP contribution in [0.3, 0.4) is 0 Å². The third kappa shape index (κ3) is 1.39. The van der Waals surface area contributed by atoms with E-state index in [1.807, 2.05) is 23.1 Å². The van der Waals surface area contributed by atoms with Crippen LogP contribution in [0, 0.1) is 0 Å². The summed E-state index contributed by atoms with van der Waals surface area (Å²) >= 11 is 0. The number of carbonyl (C=O) groups is 1. The molecule has 2 rings (SSSR count). The zero-order valence-corrected chi connectivity index (χ0v) is 7.86. The zero-order valence-electron chi connectivity index (χ0n) is 7.86. The molecule has 1 aliphatic heterocycles. The normalized spacial score (nSPS) is 14.1. The number of rotatable bonds is 2. The van der Waals surface area contributed by atoms with E-state index in [9.17, 15) is 4.79 Å². The van der Waals surface area contributed by atoms with Crippen molar-refractivity contribution in [3.8, 4) is 0 Å². The van der Waals surface area contributed by atoms with E-state index in [2.05, 4.69) is 0 Å². The molecule has 1 amide bonds. The van der Waals surface area contributed by atoms with Crippen molar-refractivity contribution in [2.24, 2.45) is 5.73 Å². The zero-order chi connectivity index (χ0) is 10.1. The fourth-order valence-corrected chi connectivity index (χ4v) is 1.91. The summed E-state index contributed by atoms with van der Waals surface area (Å²) in [6.45, 7) is 1.08. The van der Waals surface area contributed by atoms with Crippen molar-refractivity contribution in [3.63, 3.8) is 0 Å². The standard InChI is InChI=1S/C10H13N3O/c11-8-3-1-2-7-4-5-13(10(7)8)6-9(12)14/h1-3H,4-6,11H2,(H2,12,14). The molecule has 0 fully saturated rings. The maximum atomic E-state index is 10.8. The third-order valence-corrected chi connectivity index (χ3v) is 2.46. The smallest absolute Gasteiger partial charge is 0.236 e. The average Bonchev–Trinajstić information content (AvgIpc) is 2.49. The first-order valence-electron chi connectivity index (χ1n) is 4.59. The van der Waals surface area contributed by atoms with Gasteiger partial charge >= 0.3 is 0 Å². The minimum absolute atomic E-state index is 0.251. The number of para-hydroxylation sites is 1. The number of carbonyl (C=O) groups excluding carboxylic acids is 1. The van der Waals surface area contributed by atoms with Crippen molar-refractivity contribution in [1.29, 1.82) is 0 Å². The Kier molecular flexibility index (Phi) is 2.04. The SMILES string of the molecule is NC(=O)CN1CCc2cccc(N)c21. The number of primary amides is 1. The van der Waals surface area contributed by atoms with Crippen LogP contribution in [0.15, 0.2) is 18.2 Å². The minimum Gasteiger partial charge on any atom is -0.397 e. The number of anilines is 2. The Balaban J connectivity index is 2.33. The van der Waals surface area contributed by atoms with Gasteiger partial charge in [0, 0.05) is 6.54 Å². The van der Waals surface area contributed by atoms with Gasteiger partial charge in [-0.2, -0.15) is 0 Å². The summed E-state index contributed by atoms with van der Waals surface area (Å²) in [5, 5.41) is 0. The highest BCUT2D eigenvalue weighted by Crippen LogP contribution is 2.32. The molecule has 0 atom stereocenters. The molecule has 4 heteroatoms. The number of benzene rings is 1. The van der Waals surface area contributed by atoms with Crippen LogP contribution < -0.4 is 16.4 Å². The molecule has 0 aliphatic carbocycles. The van der Waals surface area contributed by atoms with Crippen LogP contribution in [0.5, 0.6) is 0 Å². The fourth-order valence-electron chi connectivity index (χ4n) is 1.91. The Labute approximate surface area is 82.5 Å². The Morgan fingerprint density at radius 1 is 1.50 bits per heavy atom. The van der Waals surface area contributed by atoms with Crippen LogP contribution in [0.25, 0.3) is 0 Å². The molecule has 1 heterocycles. The second-order valence-corrected chi connectivity index (χ2v) is 3.49. The van der Waals surface area contributed by atoms with Gasteiger partial charge in [-0.1, -0.05) is 12.1 Å². The van der Waals surface area contributed by atoms with Crippen molar-refractivity contribution in [1.82, 2.24) is 0 Å². The van der Waals surface area contributed by atoms with Crippen LogP contribution >= 0.6 is 0 Å². The second-order valence-electron chi connectivity index (χ2n) is 3.49. The Hall–Kier alpha value is -1.71. The average molecular weight is 191 g/mol. The van der Waals surface area contributed by atoms with Crippen molar-refractivity contribution < 1.29 is 4.79 Å². The largest absolute Gasteiger partial charge is 0.397 e. The quantitative estimate of drug-likeness (QED) is 0.652. The lowest BCUT2D eigenvalue weighted by atomic mass is 10.1. The van der Waals surface area contributed by atoms with Gasteiger partial charge in [0.05, 0.1) is 17.9 Å². The minimum atomic E-state index is -0.318. The number of hydrogen-bond donors (Lipinski definition) is 2. The highest BCUT2D eigenvalue weighted by atomic mass is 16.1. The molecular weight excluding hydrogens is 178 g/mol. The molecule has 0 aromatic heterocycles. The maximum Gasteiger partial charge on any atom is 0.236 e. The van der Waals surface area contributed by atoms with E-state index in [0.29, 0.717) is 0 Å². The summed E-state index contributed by atoms with van der Waals surface area (Å²) in [4.78, 5) is 12.8. The number of nitrogens with two attached hydrogens (primary N) is 2. The van der Waals surface area contributed by atoms with Crippen LogP contribution in [0.1, 0.15) is 5.56 Å². The topological polar surface area (TPSA) is 72.4 Å². The summed E-state index contributed by atoms with van der Waals surface area (Å²) in [6, 6.07) is 5.81. The van der Waals surface area contributed by atoms with Gasteiger partial charge in [-0.25, -0.2) is 0 Å². The van der Waals surface area contributed by atoms with Gasteiger partial charge in [-0.05, 0) is 18.1 Å². The van der Waals surface area contributed by atoms with E-state index in [4.69, 9.17) is 11.5 Å². The van der Waals surface area contributed by atoms with Crippen molar-refractivity contribution >= 4 is 17.3 Å². The number of hydrogen-bond acceptors (Lipinski definition) is 3. The number of amides is 1. The molecule has 1 aromatic rings. The number of nitrogen functional groups attached to an aromatic ring is 1. The monoisotopic (exact) mass is 191 g/mol. The van der Waals surface area contributed by atoms with Gasteiger partial charge in [0.1, 0.15) is 0 Å². The van der Waals surface area contributed by atoms with Crippen molar-refractivity contribution in [3.05, 3.63) is 23.8 Å².